The normalized spacial score (nSPS) is 12.6. The summed E-state index contributed by atoms with van der Waals surface area (Å²) >= 11 is 0. The number of carbonyl (C=O) groups is 2. The maximum Gasteiger partial charge on any atom is 0.305 e. The van der Waals surface area contributed by atoms with Crippen LogP contribution in [0.25, 0.3) is 0 Å². The summed E-state index contributed by atoms with van der Waals surface area (Å²) in [6.45, 7) is 5.01. The molecular formula is C81H157NO5. The first-order valence-corrected chi connectivity index (χ1v) is 40.1. The van der Waals surface area contributed by atoms with E-state index in [1.54, 1.807) is 0 Å². The zero-order valence-electron chi connectivity index (χ0n) is 59.3. The lowest BCUT2D eigenvalue weighted by atomic mass is 10.0. The molecular weight excluding hydrogens is 1070 g/mol. The molecule has 0 aromatic heterocycles. The van der Waals surface area contributed by atoms with Crippen LogP contribution < -0.4 is 5.32 Å². The third-order valence-electron chi connectivity index (χ3n) is 19.0. The van der Waals surface area contributed by atoms with Crippen LogP contribution >= 0.6 is 0 Å². The summed E-state index contributed by atoms with van der Waals surface area (Å²) in [7, 11) is 0. The first kappa shape index (κ1) is 85.3. The number of ether oxygens (including phenoxy) is 1. The molecule has 0 spiro atoms. The summed E-state index contributed by atoms with van der Waals surface area (Å²) < 4.78 is 5.51. The highest BCUT2D eigenvalue weighted by atomic mass is 16.5. The minimum atomic E-state index is -0.664. The van der Waals surface area contributed by atoms with Gasteiger partial charge >= 0.3 is 5.97 Å². The summed E-state index contributed by atoms with van der Waals surface area (Å²) in [6.07, 6.45) is 98.4. The van der Waals surface area contributed by atoms with Gasteiger partial charge in [0, 0.05) is 12.8 Å². The Kier molecular flexibility index (Phi) is 75.3. The number of amides is 1. The molecule has 0 bridgehead atoms. The lowest BCUT2D eigenvalue weighted by Gasteiger charge is -2.22. The molecule has 516 valence electrons. The Balaban J connectivity index is 3.36. The summed E-state index contributed by atoms with van der Waals surface area (Å²) in [5.74, 6) is -0.00856. The Morgan fingerprint density at radius 1 is 0.322 bits per heavy atom. The van der Waals surface area contributed by atoms with E-state index in [1.165, 1.54) is 379 Å². The van der Waals surface area contributed by atoms with Crippen molar-refractivity contribution in [3.05, 3.63) is 24.3 Å². The number of carbonyl (C=O) groups excluding carboxylic acids is 2. The highest BCUT2D eigenvalue weighted by Gasteiger charge is 2.20. The van der Waals surface area contributed by atoms with E-state index in [4.69, 9.17) is 4.74 Å². The zero-order chi connectivity index (χ0) is 62.8. The van der Waals surface area contributed by atoms with E-state index in [-0.39, 0.29) is 18.5 Å². The van der Waals surface area contributed by atoms with Crippen LogP contribution in [-0.4, -0.2) is 47.4 Å². The molecule has 2 atom stereocenters. The van der Waals surface area contributed by atoms with Gasteiger partial charge in [-0.1, -0.05) is 411 Å². The standard InChI is InChI=1S/C81H157NO5/c1-3-5-7-9-11-13-15-17-19-21-38-41-45-49-53-57-61-65-69-73-79(84)78(77-83)82-80(85)74-70-66-62-58-54-50-46-42-39-36-34-32-30-28-26-24-23-25-27-29-31-33-35-37-40-44-48-52-56-60-64-68-72-76-87-81(86)75-71-67-63-59-55-51-47-43-22-20-18-16-14-12-10-8-6-4-2/h27,29,33,35,78-79,83-84H,3-26,28,30-32,34,36-77H2,1-2H3,(H,82,85)/b29-27-,35-33-. The monoisotopic (exact) mass is 1220 g/mol. The van der Waals surface area contributed by atoms with Crippen LogP contribution in [0.3, 0.4) is 0 Å². The van der Waals surface area contributed by atoms with Gasteiger partial charge in [-0.15, -0.1) is 0 Å². The number of allylic oxidation sites excluding steroid dienone is 4. The van der Waals surface area contributed by atoms with Crippen LogP contribution in [0.1, 0.15) is 457 Å². The van der Waals surface area contributed by atoms with Gasteiger partial charge in [-0.05, 0) is 57.8 Å². The Labute approximate surface area is 545 Å². The molecule has 6 nitrogen and oxygen atoms in total. The lowest BCUT2D eigenvalue weighted by molar-refractivity contribution is -0.143. The highest BCUT2D eigenvalue weighted by molar-refractivity contribution is 5.76. The van der Waals surface area contributed by atoms with Crippen LogP contribution in [0, 0.1) is 0 Å². The minimum absolute atomic E-state index is 0.0197. The van der Waals surface area contributed by atoms with Crippen molar-refractivity contribution in [3.63, 3.8) is 0 Å². The quantitative estimate of drug-likeness (QED) is 0.0320. The average molecular weight is 1230 g/mol. The van der Waals surface area contributed by atoms with E-state index in [0.717, 1.165) is 44.9 Å². The largest absolute Gasteiger partial charge is 0.466 e. The van der Waals surface area contributed by atoms with Crippen LogP contribution in [0.2, 0.25) is 0 Å². The van der Waals surface area contributed by atoms with Gasteiger partial charge in [-0.25, -0.2) is 0 Å². The van der Waals surface area contributed by atoms with Crippen molar-refractivity contribution in [2.24, 2.45) is 0 Å². The van der Waals surface area contributed by atoms with Gasteiger partial charge in [-0.2, -0.15) is 0 Å². The molecule has 0 aromatic carbocycles. The number of aliphatic hydroxyl groups is 2. The second kappa shape index (κ2) is 76.8. The van der Waals surface area contributed by atoms with Crippen molar-refractivity contribution in [1.29, 1.82) is 0 Å². The molecule has 0 fully saturated rings. The predicted octanol–water partition coefficient (Wildman–Crippen LogP) is 26.4. The lowest BCUT2D eigenvalue weighted by Crippen LogP contribution is -2.45. The molecule has 0 saturated heterocycles. The maximum atomic E-state index is 12.6. The number of esters is 1. The van der Waals surface area contributed by atoms with E-state index in [1.807, 2.05) is 0 Å². The topological polar surface area (TPSA) is 95.9 Å². The van der Waals surface area contributed by atoms with E-state index < -0.39 is 12.1 Å². The Morgan fingerprint density at radius 2 is 0.575 bits per heavy atom. The van der Waals surface area contributed by atoms with Gasteiger partial charge in [0.05, 0.1) is 25.4 Å². The molecule has 0 aliphatic carbocycles. The van der Waals surface area contributed by atoms with E-state index >= 15 is 0 Å². The van der Waals surface area contributed by atoms with Gasteiger partial charge in [0.15, 0.2) is 0 Å². The smallest absolute Gasteiger partial charge is 0.305 e. The predicted molar refractivity (Wildman–Crippen MR) is 384 cm³/mol. The number of aliphatic hydroxyl groups excluding tert-OH is 2. The molecule has 0 aliphatic heterocycles. The molecule has 0 rings (SSSR count). The number of hydrogen-bond acceptors (Lipinski definition) is 5. The van der Waals surface area contributed by atoms with Gasteiger partial charge in [0.25, 0.3) is 0 Å². The molecule has 0 aromatic rings. The molecule has 0 saturated carbocycles. The molecule has 3 N–H and O–H groups in total. The van der Waals surface area contributed by atoms with Gasteiger partial charge in [-0.3, -0.25) is 9.59 Å². The van der Waals surface area contributed by atoms with Gasteiger partial charge in [0.2, 0.25) is 5.91 Å². The summed E-state index contributed by atoms with van der Waals surface area (Å²) in [4.78, 5) is 24.7. The van der Waals surface area contributed by atoms with Crippen molar-refractivity contribution in [2.45, 2.75) is 469 Å². The first-order chi connectivity index (χ1) is 43.0. The third kappa shape index (κ3) is 73.3. The van der Waals surface area contributed by atoms with Crippen molar-refractivity contribution in [2.75, 3.05) is 13.2 Å². The molecule has 6 heteroatoms. The number of rotatable bonds is 76. The van der Waals surface area contributed by atoms with E-state index in [0.29, 0.717) is 25.9 Å². The number of unbranched alkanes of at least 4 members (excludes halogenated alkanes) is 61. The fourth-order valence-electron chi connectivity index (χ4n) is 12.9. The molecule has 0 radical (unpaired) electrons. The van der Waals surface area contributed by atoms with Crippen molar-refractivity contribution >= 4 is 11.9 Å². The maximum absolute atomic E-state index is 12.6. The van der Waals surface area contributed by atoms with Crippen LogP contribution in [-0.2, 0) is 14.3 Å². The second-order valence-corrected chi connectivity index (χ2v) is 27.8. The Hall–Kier alpha value is -1.66. The number of nitrogens with one attached hydrogen (secondary N) is 1. The number of hydrogen-bond donors (Lipinski definition) is 3. The summed E-state index contributed by atoms with van der Waals surface area (Å²) in [5.41, 5.74) is 0. The Bertz CT molecular complexity index is 1360. The third-order valence-corrected chi connectivity index (χ3v) is 19.0. The molecule has 0 heterocycles. The molecule has 0 aliphatic rings. The highest BCUT2D eigenvalue weighted by Crippen LogP contribution is 2.20. The van der Waals surface area contributed by atoms with Crippen molar-refractivity contribution in [1.82, 2.24) is 5.32 Å². The summed E-state index contributed by atoms with van der Waals surface area (Å²) in [5, 5.41) is 23.4. The average Bonchev–Trinajstić information content (AvgIpc) is 3.59. The molecule has 1 amide bonds. The van der Waals surface area contributed by atoms with Crippen molar-refractivity contribution in [3.8, 4) is 0 Å². The van der Waals surface area contributed by atoms with Crippen LogP contribution in [0.4, 0.5) is 0 Å². The van der Waals surface area contributed by atoms with Gasteiger partial charge in [0.1, 0.15) is 0 Å². The van der Waals surface area contributed by atoms with E-state index in [9.17, 15) is 19.8 Å². The van der Waals surface area contributed by atoms with Crippen LogP contribution in [0.15, 0.2) is 24.3 Å². The van der Waals surface area contributed by atoms with Crippen molar-refractivity contribution < 1.29 is 24.5 Å². The van der Waals surface area contributed by atoms with Crippen LogP contribution in [0.5, 0.6) is 0 Å². The minimum Gasteiger partial charge on any atom is -0.466 e. The first-order valence-electron chi connectivity index (χ1n) is 40.1. The molecule has 87 heavy (non-hydrogen) atoms. The van der Waals surface area contributed by atoms with E-state index in [2.05, 4.69) is 43.5 Å². The Morgan fingerprint density at radius 3 is 0.874 bits per heavy atom. The second-order valence-electron chi connectivity index (χ2n) is 27.8. The SMILES string of the molecule is CCCCCCCCCCCCCCCCCCCCCC(O)C(CO)NC(=O)CCCCCCCCCCCCCCCCCCC/C=C\C/C=C\CCCCCCCCCCCOC(=O)CCCCCCCCCCCCCCCCCCCC. The fraction of sp³-hybridized carbons (Fsp3) is 0.926. The molecule has 2 unspecified atom stereocenters. The van der Waals surface area contributed by atoms with Gasteiger partial charge < -0.3 is 20.3 Å². The fourth-order valence-corrected chi connectivity index (χ4v) is 12.9. The summed E-state index contributed by atoms with van der Waals surface area (Å²) in [6, 6.07) is -0.541. The zero-order valence-corrected chi connectivity index (χ0v) is 59.3.